The molecule has 1 amide bonds. The van der Waals surface area contributed by atoms with E-state index in [1.165, 1.54) is 57.8 Å². The van der Waals surface area contributed by atoms with Gasteiger partial charge < -0.3 is 11.5 Å². The molecule has 0 aliphatic carbocycles. The smallest absolute Gasteiger partial charge is 0.220 e. The van der Waals surface area contributed by atoms with Gasteiger partial charge in [0.05, 0.1) is 0 Å². The van der Waals surface area contributed by atoms with Gasteiger partial charge in [-0.3, -0.25) is 4.79 Å². The average molecular weight is 284 g/mol. The van der Waals surface area contributed by atoms with Crippen molar-refractivity contribution in [3.05, 3.63) is 0 Å². The van der Waals surface area contributed by atoms with Crippen molar-refractivity contribution in [3.63, 3.8) is 0 Å². The fourth-order valence-electron chi connectivity index (χ4n) is 2.67. The molecule has 0 aliphatic rings. The Morgan fingerprint density at radius 2 is 1.25 bits per heavy atom. The predicted octanol–water partition coefficient (Wildman–Crippen LogP) is 4.14. The van der Waals surface area contributed by atoms with E-state index in [0.29, 0.717) is 6.54 Å². The third-order valence-corrected chi connectivity index (χ3v) is 4.07. The Morgan fingerprint density at radius 1 is 0.800 bits per heavy atom. The van der Waals surface area contributed by atoms with Gasteiger partial charge in [-0.25, -0.2) is 0 Å². The third kappa shape index (κ3) is 12.5. The highest BCUT2D eigenvalue weighted by atomic mass is 16.1. The third-order valence-electron chi connectivity index (χ3n) is 4.07. The van der Waals surface area contributed by atoms with E-state index in [-0.39, 0.29) is 11.8 Å². The summed E-state index contributed by atoms with van der Waals surface area (Å²) in [4.78, 5) is 11.3. The molecule has 0 aromatic rings. The molecule has 1 atom stereocenters. The second kappa shape index (κ2) is 14.8. The number of hydrogen-bond donors (Lipinski definition) is 2. The van der Waals surface area contributed by atoms with E-state index in [0.717, 1.165) is 25.7 Å². The van der Waals surface area contributed by atoms with Crippen LogP contribution in [0.3, 0.4) is 0 Å². The van der Waals surface area contributed by atoms with Crippen LogP contribution in [0.5, 0.6) is 0 Å². The highest BCUT2D eigenvalue weighted by Crippen LogP contribution is 2.17. The molecule has 0 fully saturated rings. The largest absolute Gasteiger partial charge is 0.369 e. The van der Waals surface area contributed by atoms with Crippen molar-refractivity contribution in [2.75, 3.05) is 6.54 Å². The molecule has 20 heavy (non-hydrogen) atoms. The van der Waals surface area contributed by atoms with Gasteiger partial charge in [0.1, 0.15) is 0 Å². The lowest BCUT2D eigenvalue weighted by atomic mass is 9.95. The van der Waals surface area contributed by atoms with E-state index in [4.69, 9.17) is 11.5 Å². The first-order valence-electron chi connectivity index (χ1n) is 8.71. The lowest BCUT2D eigenvalue weighted by molar-refractivity contribution is -0.122. The van der Waals surface area contributed by atoms with Crippen molar-refractivity contribution < 1.29 is 4.79 Å². The zero-order valence-corrected chi connectivity index (χ0v) is 13.5. The number of carbonyl (C=O) groups excluding carboxylic acids is 1. The zero-order valence-electron chi connectivity index (χ0n) is 13.5. The summed E-state index contributed by atoms with van der Waals surface area (Å²) >= 11 is 0. The van der Waals surface area contributed by atoms with Gasteiger partial charge in [-0.05, 0) is 25.8 Å². The number of rotatable bonds is 15. The predicted molar refractivity (Wildman–Crippen MR) is 87.4 cm³/mol. The second-order valence-electron chi connectivity index (χ2n) is 6.00. The molecule has 0 rings (SSSR count). The molecular formula is C17H36N2O. The fraction of sp³-hybridized carbons (Fsp3) is 0.941. The summed E-state index contributed by atoms with van der Waals surface area (Å²) in [5.41, 5.74) is 10.9. The topological polar surface area (TPSA) is 69.1 Å². The molecule has 0 bridgehead atoms. The van der Waals surface area contributed by atoms with Gasteiger partial charge in [0.2, 0.25) is 5.91 Å². The van der Waals surface area contributed by atoms with Crippen molar-refractivity contribution in [2.24, 2.45) is 17.4 Å². The minimum absolute atomic E-state index is 0.0487. The van der Waals surface area contributed by atoms with Crippen molar-refractivity contribution in [2.45, 2.75) is 90.4 Å². The van der Waals surface area contributed by atoms with Gasteiger partial charge >= 0.3 is 0 Å². The fourth-order valence-corrected chi connectivity index (χ4v) is 2.67. The quantitative estimate of drug-likeness (QED) is 0.444. The van der Waals surface area contributed by atoms with E-state index in [1.54, 1.807) is 0 Å². The number of unbranched alkanes of at least 4 members (excludes halogenated alkanes) is 9. The number of nitrogens with two attached hydrogens (primary N) is 2. The lowest BCUT2D eigenvalue weighted by Gasteiger charge is -2.12. The Balaban J connectivity index is 3.34. The lowest BCUT2D eigenvalue weighted by Crippen LogP contribution is -2.24. The van der Waals surface area contributed by atoms with E-state index in [1.807, 2.05) is 0 Å². The molecule has 4 N–H and O–H groups in total. The van der Waals surface area contributed by atoms with E-state index < -0.39 is 0 Å². The number of hydrogen-bond acceptors (Lipinski definition) is 2. The maximum absolute atomic E-state index is 11.3. The number of carbonyl (C=O) groups is 1. The van der Waals surface area contributed by atoms with Gasteiger partial charge in [-0.1, -0.05) is 71.1 Å². The van der Waals surface area contributed by atoms with Gasteiger partial charge in [0.25, 0.3) is 0 Å². The molecule has 3 nitrogen and oxygen atoms in total. The van der Waals surface area contributed by atoms with Crippen LogP contribution in [-0.4, -0.2) is 12.5 Å². The SMILES string of the molecule is CCCCCCCCCCCCC(CCCN)C(N)=O. The molecule has 0 saturated heterocycles. The summed E-state index contributed by atoms with van der Waals surface area (Å²) in [6.45, 7) is 2.91. The average Bonchev–Trinajstić information content (AvgIpc) is 2.43. The van der Waals surface area contributed by atoms with Crippen LogP contribution in [0, 0.1) is 5.92 Å². The minimum atomic E-state index is -0.144. The molecule has 0 spiro atoms. The van der Waals surface area contributed by atoms with Crippen molar-refractivity contribution >= 4 is 5.91 Å². The maximum atomic E-state index is 11.3. The molecule has 0 radical (unpaired) electrons. The number of amides is 1. The molecule has 120 valence electrons. The summed E-state index contributed by atoms with van der Waals surface area (Å²) in [6, 6.07) is 0. The Bertz CT molecular complexity index is 219. The summed E-state index contributed by atoms with van der Waals surface area (Å²) in [5.74, 6) is -0.0954. The highest BCUT2D eigenvalue weighted by molar-refractivity contribution is 5.76. The first kappa shape index (κ1) is 19.4. The normalized spacial score (nSPS) is 12.5. The van der Waals surface area contributed by atoms with Crippen LogP contribution < -0.4 is 11.5 Å². The zero-order chi connectivity index (χ0) is 15.1. The van der Waals surface area contributed by atoms with Crippen LogP contribution in [0.25, 0.3) is 0 Å². The second-order valence-corrected chi connectivity index (χ2v) is 6.00. The molecular weight excluding hydrogens is 248 g/mol. The van der Waals surface area contributed by atoms with Crippen LogP contribution >= 0.6 is 0 Å². The van der Waals surface area contributed by atoms with Gasteiger partial charge in [-0.2, -0.15) is 0 Å². The highest BCUT2D eigenvalue weighted by Gasteiger charge is 2.13. The summed E-state index contributed by atoms with van der Waals surface area (Å²) in [7, 11) is 0. The number of primary amides is 1. The van der Waals surface area contributed by atoms with Crippen molar-refractivity contribution in [1.82, 2.24) is 0 Å². The molecule has 0 aromatic carbocycles. The monoisotopic (exact) mass is 284 g/mol. The van der Waals surface area contributed by atoms with E-state index in [2.05, 4.69) is 6.92 Å². The first-order valence-corrected chi connectivity index (χ1v) is 8.71. The Hall–Kier alpha value is -0.570. The van der Waals surface area contributed by atoms with Crippen LogP contribution in [0.1, 0.15) is 90.4 Å². The standard InChI is InChI=1S/C17H36N2O/c1-2-3-4-5-6-7-8-9-10-11-13-16(17(19)20)14-12-15-18/h16H,2-15,18H2,1H3,(H2,19,20). The minimum Gasteiger partial charge on any atom is -0.369 e. The van der Waals surface area contributed by atoms with Crippen LogP contribution in [0.15, 0.2) is 0 Å². The Morgan fingerprint density at radius 3 is 1.70 bits per heavy atom. The Labute approximate surface area is 125 Å². The molecule has 0 aliphatic heterocycles. The van der Waals surface area contributed by atoms with Crippen LogP contribution in [0.4, 0.5) is 0 Å². The summed E-state index contributed by atoms with van der Waals surface area (Å²) in [6.07, 6.45) is 16.0. The van der Waals surface area contributed by atoms with Crippen LogP contribution in [-0.2, 0) is 4.79 Å². The van der Waals surface area contributed by atoms with Crippen molar-refractivity contribution in [1.29, 1.82) is 0 Å². The van der Waals surface area contributed by atoms with Crippen LogP contribution in [0.2, 0.25) is 0 Å². The molecule has 0 aromatic heterocycles. The van der Waals surface area contributed by atoms with Gasteiger partial charge in [0.15, 0.2) is 0 Å². The van der Waals surface area contributed by atoms with Gasteiger partial charge in [0, 0.05) is 5.92 Å². The van der Waals surface area contributed by atoms with E-state index in [9.17, 15) is 4.79 Å². The Kier molecular flexibility index (Phi) is 14.4. The molecule has 0 saturated carbocycles. The maximum Gasteiger partial charge on any atom is 0.220 e. The molecule has 1 unspecified atom stereocenters. The molecule has 0 heterocycles. The van der Waals surface area contributed by atoms with Gasteiger partial charge in [-0.15, -0.1) is 0 Å². The summed E-state index contributed by atoms with van der Waals surface area (Å²) in [5, 5.41) is 0. The van der Waals surface area contributed by atoms with E-state index >= 15 is 0 Å². The first-order chi connectivity index (χ1) is 9.72. The molecule has 3 heteroatoms. The van der Waals surface area contributed by atoms with Crippen molar-refractivity contribution in [3.8, 4) is 0 Å². The summed E-state index contributed by atoms with van der Waals surface area (Å²) < 4.78 is 0.